The zero-order valence-corrected chi connectivity index (χ0v) is 10.3. The normalized spacial score (nSPS) is 12.1. The molecule has 2 heteroatoms. The van der Waals surface area contributed by atoms with Crippen molar-refractivity contribution in [2.45, 2.75) is 33.1 Å². The van der Waals surface area contributed by atoms with Crippen LogP contribution in [-0.4, -0.2) is 13.3 Å². The summed E-state index contributed by atoms with van der Waals surface area (Å²) in [5.41, 5.74) is 3.53. The predicted molar refractivity (Wildman–Crippen MR) is 68.5 cm³/mol. The van der Waals surface area contributed by atoms with Gasteiger partial charge in [0.15, 0.2) is 0 Å². The van der Waals surface area contributed by atoms with Crippen LogP contribution in [0.25, 0.3) is 0 Å². The molecule has 0 spiro atoms. The Labute approximate surface area is 92.4 Å². The Bertz CT molecular complexity index is 359. The van der Waals surface area contributed by atoms with Crippen LogP contribution < -0.4 is 5.32 Å². The topological polar surface area (TPSA) is 24.4 Å². The van der Waals surface area contributed by atoms with Crippen molar-refractivity contribution in [3.05, 3.63) is 23.8 Å². The van der Waals surface area contributed by atoms with Crippen LogP contribution in [0.2, 0.25) is 0 Å². The summed E-state index contributed by atoms with van der Waals surface area (Å²) >= 11 is 0. The van der Waals surface area contributed by atoms with E-state index in [0.29, 0.717) is 0 Å². The van der Waals surface area contributed by atoms with Gasteiger partial charge in [-0.2, -0.15) is 0 Å². The molecule has 82 valence electrons. The first-order chi connectivity index (χ1) is 7.00. The maximum absolute atomic E-state index is 4.46. The van der Waals surface area contributed by atoms with Crippen LogP contribution >= 0.6 is 0 Å². The van der Waals surface area contributed by atoms with Gasteiger partial charge < -0.3 is 5.32 Å². The smallest absolute Gasteiger partial charge is 0.0894 e. The fraction of sp³-hybridized carbons (Fsp3) is 0.462. The molecule has 0 aromatic heterocycles. The standard InChI is InChI=1S/C13H20N2/c1-6-15-12-10(13(2,3)4)8-7-9-11(12)14-5/h6-9,14H,1-5H3. The third kappa shape index (κ3) is 2.58. The van der Waals surface area contributed by atoms with Crippen molar-refractivity contribution in [2.75, 3.05) is 12.4 Å². The fourth-order valence-electron chi connectivity index (χ4n) is 1.62. The maximum atomic E-state index is 4.46. The van der Waals surface area contributed by atoms with Gasteiger partial charge in [-0.25, -0.2) is 0 Å². The average molecular weight is 204 g/mol. The molecule has 2 nitrogen and oxygen atoms in total. The molecule has 15 heavy (non-hydrogen) atoms. The lowest BCUT2D eigenvalue weighted by molar-refractivity contribution is 0.592. The number of nitrogens with one attached hydrogen (secondary N) is 1. The summed E-state index contributed by atoms with van der Waals surface area (Å²) in [5.74, 6) is 0. The van der Waals surface area contributed by atoms with E-state index in [-0.39, 0.29) is 5.41 Å². The second kappa shape index (κ2) is 4.47. The Morgan fingerprint density at radius 3 is 2.40 bits per heavy atom. The number of anilines is 1. The van der Waals surface area contributed by atoms with Crippen LogP contribution in [0.5, 0.6) is 0 Å². The molecule has 0 heterocycles. The Balaban J connectivity index is 3.38. The number of nitrogens with zero attached hydrogens (tertiary/aromatic N) is 1. The van der Waals surface area contributed by atoms with E-state index in [1.165, 1.54) is 5.56 Å². The minimum Gasteiger partial charge on any atom is -0.386 e. The zero-order chi connectivity index (χ0) is 11.5. The second-order valence-corrected chi connectivity index (χ2v) is 4.59. The molecule has 0 saturated heterocycles. The third-order valence-corrected chi connectivity index (χ3v) is 2.37. The molecule has 0 fully saturated rings. The van der Waals surface area contributed by atoms with Crippen molar-refractivity contribution in [3.63, 3.8) is 0 Å². The Morgan fingerprint density at radius 2 is 1.93 bits per heavy atom. The highest BCUT2D eigenvalue weighted by atomic mass is 14.9. The van der Waals surface area contributed by atoms with Crippen LogP contribution in [0.4, 0.5) is 11.4 Å². The van der Waals surface area contributed by atoms with Crippen molar-refractivity contribution in [3.8, 4) is 0 Å². The van der Waals surface area contributed by atoms with Gasteiger partial charge in [0.1, 0.15) is 0 Å². The molecule has 0 atom stereocenters. The second-order valence-electron chi connectivity index (χ2n) is 4.59. The quantitative estimate of drug-likeness (QED) is 0.729. The summed E-state index contributed by atoms with van der Waals surface area (Å²) in [5, 5.41) is 3.18. The molecule has 0 saturated carbocycles. The lowest BCUT2D eigenvalue weighted by atomic mass is 9.85. The molecule has 0 aliphatic rings. The molecule has 1 N–H and O–H groups in total. The molecule has 1 aromatic rings. The lowest BCUT2D eigenvalue weighted by Crippen LogP contribution is -2.12. The number of para-hydroxylation sites is 1. The molecular weight excluding hydrogens is 184 g/mol. The van der Waals surface area contributed by atoms with Gasteiger partial charge in [-0.3, -0.25) is 4.99 Å². The molecule has 0 amide bonds. The van der Waals surface area contributed by atoms with Crippen LogP contribution in [0, 0.1) is 0 Å². The summed E-state index contributed by atoms with van der Waals surface area (Å²) in [6, 6.07) is 6.27. The van der Waals surface area contributed by atoms with Gasteiger partial charge in [-0.05, 0) is 24.0 Å². The van der Waals surface area contributed by atoms with Gasteiger partial charge in [0, 0.05) is 13.3 Å². The van der Waals surface area contributed by atoms with Crippen LogP contribution in [-0.2, 0) is 5.41 Å². The van der Waals surface area contributed by atoms with Gasteiger partial charge in [0.25, 0.3) is 0 Å². The largest absolute Gasteiger partial charge is 0.386 e. The van der Waals surface area contributed by atoms with Crippen LogP contribution in [0.3, 0.4) is 0 Å². The van der Waals surface area contributed by atoms with Crippen molar-refractivity contribution < 1.29 is 0 Å². The number of rotatable bonds is 2. The Hall–Kier alpha value is -1.31. The molecule has 0 radical (unpaired) electrons. The summed E-state index contributed by atoms with van der Waals surface area (Å²) < 4.78 is 0. The van der Waals surface area contributed by atoms with Crippen LogP contribution in [0.15, 0.2) is 23.2 Å². The number of benzene rings is 1. The van der Waals surface area contributed by atoms with Gasteiger partial charge in [0.2, 0.25) is 0 Å². The van der Waals surface area contributed by atoms with Crippen molar-refractivity contribution in [1.29, 1.82) is 0 Å². The van der Waals surface area contributed by atoms with Crippen LogP contribution in [0.1, 0.15) is 33.3 Å². The predicted octanol–water partition coefficient (Wildman–Crippen LogP) is 3.75. The maximum Gasteiger partial charge on any atom is 0.0894 e. The molecular formula is C13H20N2. The average Bonchev–Trinajstić information content (AvgIpc) is 2.17. The number of aliphatic imine (C=N–C) groups is 1. The monoisotopic (exact) mass is 204 g/mol. The summed E-state index contributed by atoms with van der Waals surface area (Å²) in [6.45, 7) is 8.56. The molecule has 0 aliphatic carbocycles. The molecule has 0 aliphatic heterocycles. The molecule has 1 rings (SSSR count). The highest BCUT2D eigenvalue weighted by molar-refractivity contribution is 5.75. The van der Waals surface area contributed by atoms with E-state index < -0.39 is 0 Å². The first-order valence-corrected chi connectivity index (χ1v) is 5.30. The lowest BCUT2D eigenvalue weighted by Gasteiger charge is -2.22. The molecule has 0 unspecified atom stereocenters. The minimum atomic E-state index is 0.120. The fourth-order valence-corrected chi connectivity index (χ4v) is 1.62. The zero-order valence-electron chi connectivity index (χ0n) is 10.3. The third-order valence-electron chi connectivity index (χ3n) is 2.37. The van der Waals surface area contributed by atoms with Gasteiger partial charge in [-0.15, -0.1) is 0 Å². The summed E-state index contributed by atoms with van der Waals surface area (Å²) in [6.07, 6.45) is 1.84. The number of hydrogen-bond acceptors (Lipinski definition) is 2. The van der Waals surface area contributed by atoms with E-state index in [1.807, 2.05) is 20.2 Å². The highest BCUT2D eigenvalue weighted by Gasteiger charge is 2.19. The van der Waals surface area contributed by atoms with Gasteiger partial charge >= 0.3 is 0 Å². The molecule has 1 aromatic carbocycles. The first kappa shape index (κ1) is 11.8. The Kier molecular flexibility index (Phi) is 3.51. The summed E-state index contributed by atoms with van der Waals surface area (Å²) in [7, 11) is 1.93. The molecule has 0 bridgehead atoms. The van der Waals surface area contributed by atoms with E-state index in [0.717, 1.165) is 11.4 Å². The Morgan fingerprint density at radius 1 is 1.27 bits per heavy atom. The SMILES string of the molecule is CC=Nc1c(NC)cccc1C(C)(C)C. The van der Waals surface area contributed by atoms with E-state index >= 15 is 0 Å². The van der Waals surface area contributed by atoms with E-state index in [2.05, 4.69) is 49.3 Å². The van der Waals surface area contributed by atoms with Gasteiger partial charge in [0.05, 0.1) is 11.4 Å². The number of hydrogen-bond donors (Lipinski definition) is 1. The highest BCUT2D eigenvalue weighted by Crippen LogP contribution is 2.36. The van der Waals surface area contributed by atoms with E-state index in [1.54, 1.807) is 0 Å². The van der Waals surface area contributed by atoms with Gasteiger partial charge in [-0.1, -0.05) is 32.9 Å². The van der Waals surface area contributed by atoms with Crippen molar-refractivity contribution >= 4 is 17.6 Å². The van der Waals surface area contributed by atoms with E-state index in [9.17, 15) is 0 Å². The van der Waals surface area contributed by atoms with E-state index in [4.69, 9.17) is 0 Å². The van der Waals surface area contributed by atoms with Crippen molar-refractivity contribution in [1.82, 2.24) is 0 Å². The minimum absolute atomic E-state index is 0.120. The summed E-state index contributed by atoms with van der Waals surface area (Å²) in [4.78, 5) is 4.46. The first-order valence-electron chi connectivity index (χ1n) is 5.30. The van der Waals surface area contributed by atoms with Crippen molar-refractivity contribution in [2.24, 2.45) is 4.99 Å².